The average molecular weight is 569 g/mol. The van der Waals surface area contributed by atoms with Crippen molar-refractivity contribution in [3.63, 3.8) is 0 Å². The largest absolute Gasteiger partial charge is 0.504 e. The van der Waals surface area contributed by atoms with E-state index in [0.717, 1.165) is 56.3 Å². The van der Waals surface area contributed by atoms with Crippen molar-refractivity contribution in [1.82, 2.24) is 15.0 Å². The number of nitrogens with one attached hydrogen (secondary N) is 1. The van der Waals surface area contributed by atoms with Crippen molar-refractivity contribution >= 4 is 55.9 Å². The van der Waals surface area contributed by atoms with Crippen LogP contribution >= 0.6 is 31.9 Å². The Bertz CT molecular complexity index is 941. The lowest BCUT2D eigenvalue weighted by Crippen LogP contribution is -2.34. The monoisotopic (exact) mass is 567 g/mol. The van der Waals surface area contributed by atoms with E-state index < -0.39 is 0 Å². The predicted molar refractivity (Wildman–Crippen MR) is 133 cm³/mol. The number of rotatable bonds is 6. The summed E-state index contributed by atoms with van der Waals surface area (Å²) in [7, 11) is 1.50. The minimum atomic E-state index is -0.00761. The van der Waals surface area contributed by atoms with E-state index in [9.17, 15) is 5.11 Å². The molecule has 172 valence electrons. The van der Waals surface area contributed by atoms with Gasteiger partial charge in [-0.15, -0.1) is 0 Å². The van der Waals surface area contributed by atoms with Crippen LogP contribution in [0.4, 0.5) is 17.8 Å². The van der Waals surface area contributed by atoms with E-state index in [1.54, 1.807) is 6.07 Å². The number of piperidine rings is 2. The lowest BCUT2D eigenvalue weighted by molar-refractivity contribution is 0.372. The maximum absolute atomic E-state index is 10.5. The molecule has 1 aromatic carbocycles. The number of hydrogen-bond acceptors (Lipinski definition) is 9. The minimum Gasteiger partial charge on any atom is -0.504 e. The Balaban J connectivity index is 1.60. The molecule has 1 aromatic heterocycles. The fourth-order valence-electron chi connectivity index (χ4n) is 3.91. The van der Waals surface area contributed by atoms with Gasteiger partial charge in [0.2, 0.25) is 17.8 Å². The molecule has 0 bridgehead atoms. The van der Waals surface area contributed by atoms with Crippen LogP contribution in [0.3, 0.4) is 0 Å². The van der Waals surface area contributed by atoms with Crippen LogP contribution in [0.1, 0.15) is 44.1 Å². The number of ether oxygens (including phenoxy) is 1. The highest BCUT2D eigenvalue weighted by atomic mass is 79.9. The molecule has 2 N–H and O–H groups in total. The van der Waals surface area contributed by atoms with Gasteiger partial charge in [0.15, 0.2) is 11.5 Å². The van der Waals surface area contributed by atoms with E-state index in [4.69, 9.17) is 9.72 Å². The molecule has 3 heterocycles. The molecule has 2 aromatic rings. The second kappa shape index (κ2) is 10.7. The van der Waals surface area contributed by atoms with E-state index in [1.165, 1.54) is 26.2 Å². The highest BCUT2D eigenvalue weighted by molar-refractivity contribution is 9.13. The van der Waals surface area contributed by atoms with Gasteiger partial charge >= 0.3 is 0 Å². The first-order valence-corrected chi connectivity index (χ1v) is 12.5. The van der Waals surface area contributed by atoms with Crippen molar-refractivity contribution in [2.24, 2.45) is 5.10 Å². The second-order valence-electron chi connectivity index (χ2n) is 7.86. The maximum Gasteiger partial charge on any atom is 0.250 e. The van der Waals surface area contributed by atoms with Crippen molar-refractivity contribution in [1.29, 1.82) is 0 Å². The fourth-order valence-corrected chi connectivity index (χ4v) is 4.74. The average Bonchev–Trinajstić information content (AvgIpc) is 2.84. The zero-order valence-electron chi connectivity index (χ0n) is 18.0. The summed E-state index contributed by atoms with van der Waals surface area (Å²) in [4.78, 5) is 18.5. The third-order valence-electron chi connectivity index (χ3n) is 5.66. The van der Waals surface area contributed by atoms with Gasteiger partial charge in [-0.05, 0) is 76.5 Å². The molecular formula is C21H27Br2N7O2. The molecule has 2 fully saturated rings. The lowest BCUT2D eigenvalue weighted by Gasteiger charge is -2.30. The summed E-state index contributed by atoms with van der Waals surface area (Å²) in [5.74, 6) is 2.10. The zero-order chi connectivity index (χ0) is 22.5. The van der Waals surface area contributed by atoms with Crippen molar-refractivity contribution in [3.8, 4) is 11.5 Å². The number of halogens is 2. The number of nitrogens with zero attached hydrogens (tertiary/aromatic N) is 6. The van der Waals surface area contributed by atoms with E-state index >= 15 is 0 Å². The van der Waals surface area contributed by atoms with Crippen molar-refractivity contribution in [2.75, 3.05) is 48.5 Å². The van der Waals surface area contributed by atoms with Crippen molar-refractivity contribution in [2.45, 2.75) is 38.5 Å². The molecule has 0 spiro atoms. The van der Waals surface area contributed by atoms with Crippen LogP contribution in [-0.2, 0) is 0 Å². The normalized spacial score (nSPS) is 17.1. The molecule has 0 amide bonds. The Morgan fingerprint density at radius 2 is 1.53 bits per heavy atom. The van der Waals surface area contributed by atoms with E-state index in [-0.39, 0.29) is 5.75 Å². The topological polar surface area (TPSA) is 99.0 Å². The van der Waals surface area contributed by atoms with Crippen molar-refractivity contribution < 1.29 is 9.84 Å². The summed E-state index contributed by atoms with van der Waals surface area (Å²) >= 11 is 6.92. The SMILES string of the molecule is COc1cc(Br)c(Br)c(/C=N\Nc2nc(N3CCCCC3)nc(N3CCCCC3)n2)c1O. The smallest absolute Gasteiger partial charge is 0.250 e. The van der Waals surface area contributed by atoms with Gasteiger partial charge in [0.05, 0.1) is 18.9 Å². The molecule has 9 nitrogen and oxygen atoms in total. The summed E-state index contributed by atoms with van der Waals surface area (Å²) < 4.78 is 6.64. The summed E-state index contributed by atoms with van der Waals surface area (Å²) in [6.07, 6.45) is 8.56. The maximum atomic E-state index is 10.5. The number of benzene rings is 1. The zero-order valence-corrected chi connectivity index (χ0v) is 21.2. The summed E-state index contributed by atoms with van der Waals surface area (Å²) in [5, 5.41) is 14.8. The number of phenols is 1. The molecule has 11 heteroatoms. The van der Waals surface area contributed by atoms with Gasteiger partial charge < -0.3 is 19.6 Å². The number of hydrogen-bond donors (Lipinski definition) is 2. The van der Waals surface area contributed by atoms with Gasteiger partial charge in [-0.25, -0.2) is 5.43 Å². The third-order valence-corrected chi connectivity index (χ3v) is 7.67. The molecule has 0 aliphatic carbocycles. The van der Waals surface area contributed by atoms with Crippen LogP contribution in [0.25, 0.3) is 0 Å². The number of methoxy groups -OCH3 is 1. The number of aromatic hydroxyl groups is 1. The van der Waals surface area contributed by atoms with E-state index in [1.807, 2.05) is 0 Å². The van der Waals surface area contributed by atoms with Crippen LogP contribution in [-0.4, -0.2) is 59.6 Å². The molecule has 0 unspecified atom stereocenters. The minimum absolute atomic E-state index is 0.00761. The number of hydrazone groups is 1. The first kappa shape index (κ1) is 23.0. The quantitative estimate of drug-likeness (QED) is 0.387. The number of aromatic nitrogens is 3. The first-order chi connectivity index (χ1) is 15.6. The third kappa shape index (κ3) is 5.25. The molecule has 0 atom stereocenters. The van der Waals surface area contributed by atoms with Gasteiger partial charge in [0.25, 0.3) is 0 Å². The Morgan fingerprint density at radius 3 is 2.06 bits per heavy atom. The summed E-state index contributed by atoms with van der Waals surface area (Å²) in [6, 6.07) is 1.69. The Kier molecular flexibility index (Phi) is 7.67. The lowest BCUT2D eigenvalue weighted by atomic mass is 10.1. The van der Waals surface area contributed by atoms with Crippen LogP contribution in [0.15, 0.2) is 20.1 Å². The number of anilines is 3. The van der Waals surface area contributed by atoms with Crippen LogP contribution in [0.5, 0.6) is 11.5 Å². The predicted octanol–water partition coefficient (Wildman–Crippen LogP) is 4.54. The van der Waals surface area contributed by atoms with Gasteiger partial charge in [0, 0.05) is 35.1 Å². The van der Waals surface area contributed by atoms with Crippen LogP contribution in [0, 0.1) is 0 Å². The molecule has 32 heavy (non-hydrogen) atoms. The van der Waals surface area contributed by atoms with Gasteiger partial charge in [-0.3, -0.25) is 0 Å². The standard InChI is InChI=1S/C21H27Br2N7O2/c1-32-16-12-15(22)17(23)14(18(16)31)13-24-28-19-25-20(29-8-4-2-5-9-29)27-21(26-19)30-10-6-3-7-11-30/h12-13,31H,2-11H2,1H3,(H,25,26,27,28)/b24-13-. The van der Waals surface area contributed by atoms with E-state index in [0.29, 0.717) is 33.6 Å². The first-order valence-electron chi connectivity index (χ1n) is 10.9. The highest BCUT2D eigenvalue weighted by Crippen LogP contribution is 2.39. The fraction of sp³-hybridized carbons (Fsp3) is 0.524. The highest BCUT2D eigenvalue weighted by Gasteiger charge is 2.20. The molecule has 4 rings (SSSR count). The Morgan fingerprint density at radius 1 is 0.969 bits per heavy atom. The molecule has 2 aliphatic rings. The van der Waals surface area contributed by atoms with Gasteiger partial charge in [-0.1, -0.05) is 0 Å². The molecular weight excluding hydrogens is 542 g/mol. The van der Waals surface area contributed by atoms with Crippen molar-refractivity contribution in [3.05, 3.63) is 20.6 Å². The van der Waals surface area contributed by atoms with Crippen LogP contribution in [0.2, 0.25) is 0 Å². The van der Waals surface area contributed by atoms with Gasteiger partial charge in [0.1, 0.15) is 0 Å². The molecule has 0 radical (unpaired) electrons. The molecule has 2 aliphatic heterocycles. The second-order valence-corrected chi connectivity index (χ2v) is 9.51. The molecule has 0 saturated carbocycles. The van der Waals surface area contributed by atoms with E-state index in [2.05, 4.69) is 62.2 Å². The van der Waals surface area contributed by atoms with Crippen LogP contribution < -0.4 is 20.0 Å². The van der Waals surface area contributed by atoms with Gasteiger partial charge in [-0.2, -0.15) is 20.1 Å². The number of phenolic OH excluding ortho intramolecular Hbond substituents is 1. The molecule has 2 saturated heterocycles. The summed E-state index contributed by atoms with van der Waals surface area (Å²) in [6.45, 7) is 3.80. The Hall–Kier alpha value is -2.14. The summed E-state index contributed by atoms with van der Waals surface area (Å²) in [5.41, 5.74) is 3.41. The Labute approximate surface area is 204 Å².